The van der Waals surface area contributed by atoms with Crippen LogP contribution < -0.4 is 10.6 Å². The van der Waals surface area contributed by atoms with Crippen LogP contribution in [0.3, 0.4) is 0 Å². The minimum absolute atomic E-state index is 0.0376. The average Bonchev–Trinajstić information content (AvgIpc) is 2.55. The Balaban J connectivity index is 1.60. The highest BCUT2D eigenvalue weighted by Gasteiger charge is 2.20. The zero-order chi connectivity index (χ0) is 15.8. The van der Waals surface area contributed by atoms with Crippen LogP contribution in [0.15, 0.2) is 24.3 Å². The predicted octanol–water partition coefficient (Wildman–Crippen LogP) is 1.49. The number of carbonyl (C=O) groups excluding carboxylic acids is 2. The lowest BCUT2D eigenvalue weighted by molar-refractivity contribution is -0.127. The first kappa shape index (κ1) is 16.4. The number of benzene rings is 1. The number of amides is 2. The van der Waals surface area contributed by atoms with Gasteiger partial charge in [0.25, 0.3) is 5.91 Å². The molecular formula is C16H21FN2O3. The molecule has 1 aromatic rings. The summed E-state index contributed by atoms with van der Waals surface area (Å²) < 4.78 is 18.2. The third-order valence-electron chi connectivity index (χ3n) is 3.62. The SMILES string of the molecule is O=C(NCCCNC(=O)C1CCOCC1)c1cccc(F)c1. The van der Waals surface area contributed by atoms with Crippen LogP contribution in [0.25, 0.3) is 0 Å². The van der Waals surface area contributed by atoms with E-state index < -0.39 is 5.82 Å². The molecule has 22 heavy (non-hydrogen) atoms. The summed E-state index contributed by atoms with van der Waals surface area (Å²) >= 11 is 0. The van der Waals surface area contributed by atoms with Crippen LogP contribution in [-0.2, 0) is 9.53 Å². The number of carbonyl (C=O) groups is 2. The van der Waals surface area contributed by atoms with Gasteiger partial charge in [0, 0.05) is 37.8 Å². The largest absolute Gasteiger partial charge is 0.381 e. The molecule has 2 rings (SSSR count). The van der Waals surface area contributed by atoms with E-state index in [1.54, 1.807) is 6.07 Å². The normalized spacial score (nSPS) is 15.3. The van der Waals surface area contributed by atoms with E-state index in [1.165, 1.54) is 18.2 Å². The molecule has 1 heterocycles. The topological polar surface area (TPSA) is 67.4 Å². The number of halogens is 1. The van der Waals surface area contributed by atoms with E-state index in [1.807, 2.05) is 0 Å². The second kappa shape index (κ2) is 8.48. The lowest BCUT2D eigenvalue weighted by Crippen LogP contribution is -2.36. The summed E-state index contributed by atoms with van der Waals surface area (Å²) in [6.07, 6.45) is 2.17. The quantitative estimate of drug-likeness (QED) is 0.782. The molecule has 0 aromatic heterocycles. The molecule has 6 heteroatoms. The molecule has 120 valence electrons. The van der Waals surface area contributed by atoms with Crippen molar-refractivity contribution < 1.29 is 18.7 Å². The second-order valence-corrected chi connectivity index (χ2v) is 5.30. The van der Waals surface area contributed by atoms with Crippen LogP contribution in [0.2, 0.25) is 0 Å². The van der Waals surface area contributed by atoms with Gasteiger partial charge in [-0.2, -0.15) is 0 Å². The van der Waals surface area contributed by atoms with Crippen LogP contribution in [0.4, 0.5) is 4.39 Å². The van der Waals surface area contributed by atoms with Crippen molar-refractivity contribution in [3.05, 3.63) is 35.6 Å². The number of ether oxygens (including phenoxy) is 1. The Morgan fingerprint density at radius 1 is 1.18 bits per heavy atom. The van der Waals surface area contributed by atoms with Crippen LogP contribution in [0.1, 0.15) is 29.6 Å². The lowest BCUT2D eigenvalue weighted by atomic mass is 9.99. The zero-order valence-electron chi connectivity index (χ0n) is 12.4. The first-order chi connectivity index (χ1) is 10.7. The molecule has 1 aliphatic rings. The van der Waals surface area contributed by atoms with E-state index in [9.17, 15) is 14.0 Å². The van der Waals surface area contributed by atoms with Gasteiger partial charge in [0.1, 0.15) is 5.82 Å². The highest BCUT2D eigenvalue weighted by Crippen LogP contribution is 2.14. The molecule has 1 fully saturated rings. The van der Waals surface area contributed by atoms with Crippen molar-refractivity contribution in [2.75, 3.05) is 26.3 Å². The molecule has 5 nitrogen and oxygen atoms in total. The molecular weight excluding hydrogens is 287 g/mol. The van der Waals surface area contributed by atoms with E-state index >= 15 is 0 Å². The lowest BCUT2D eigenvalue weighted by Gasteiger charge is -2.21. The summed E-state index contributed by atoms with van der Waals surface area (Å²) in [5, 5.41) is 5.57. The molecule has 0 atom stereocenters. The summed E-state index contributed by atoms with van der Waals surface area (Å²) in [4.78, 5) is 23.6. The Kier molecular flexibility index (Phi) is 6.33. The summed E-state index contributed by atoms with van der Waals surface area (Å²) in [7, 11) is 0. The minimum atomic E-state index is -0.434. The van der Waals surface area contributed by atoms with Crippen LogP contribution in [0, 0.1) is 11.7 Å². The third-order valence-corrected chi connectivity index (χ3v) is 3.62. The molecule has 1 aliphatic heterocycles. The van der Waals surface area contributed by atoms with E-state index in [4.69, 9.17) is 4.74 Å². The van der Waals surface area contributed by atoms with Gasteiger partial charge in [-0.3, -0.25) is 9.59 Å². The fraction of sp³-hybridized carbons (Fsp3) is 0.500. The van der Waals surface area contributed by atoms with Crippen molar-refractivity contribution in [3.63, 3.8) is 0 Å². The first-order valence-corrected chi connectivity index (χ1v) is 7.56. The highest BCUT2D eigenvalue weighted by atomic mass is 19.1. The maximum absolute atomic E-state index is 13.0. The van der Waals surface area contributed by atoms with Gasteiger partial charge >= 0.3 is 0 Å². The van der Waals surface area contributed by atoms with Crippen molar-refractivity contribution in [2.24, 2.45) is 5.92 Å². The molecule has 0 bridgehead atoms. The second-order valence-electron chi connectivity index (χ2n) is 5.30. The van der Waals surface area contributed by atoms with Gasteiger partial charge in [0.2, 0.25) is 5.91 Å². The molecule has 0 saturated carbocycles. The number of hydrogen-bond acceptors (Lipinski definition) is 3. The fourth-order valence-electron chi connectivity index (χ4n) is 2.34. The van der Waals surface area contributed by atoms with Gasteiger partial charge in [0.15, 0.2) is 0 Å². The maximum atomic E-state index is 13.0. The van der Waals surface area contributed by atoms with Crippen molar-refractivity contribution in [1.29, 1.82) is 0 Å². The van der Waals surface area contributed by atoms with E-state index in [-0.39, 0.29) is 17.7 Å². The van der Waals surface area contributed by atoms with E-state index in [2.05, 4.69) is 10.6 Å². The van der Waals surface area contributed by atoms with Crippen molar-refractivity contribution >= 4 is 11.8 Å². The first-order valence-electron chi connectivity index (χ1n) is 7.56. The van der Waals surface area contributed by atoms with Crippen molar-refractivity contribution in [3.8, 4) is 0 Å². The van der Waals surface area contributed by atoms with Gasteiger partial charge in [-0.1, -0.05) is 6.07 Å². The van der Waals surface area contributed by atoms with Crippen molar-refractivity contribution in [1.82, 2.24) is 10.6 Å². The average molecular weight is 308 g/mol. The maximum Gasteiger partial charge on any atom is 0.251 e. The summed E-state index contributed by atoms with van der Waals surface area (Å²) in [5.74, 6) is -0.651. The number of hydrogen-bond donors (Lipinski definition) is 2. The Morgan fingerprint density at radius 3 is 2.64 bits per heavy atom. The van der Waals surface area contributed by atoms with Crippen LogP contribution in [-0.4, -0.2) is 38.1 Å². The third kappa shape index (κ3) is 5.11. The molecule has 0 unspecified atom stereocenters. The van der Waals surface area contributed by atoms with Gasteiger partial charge in [-0.15, -0.1) is 0 Å². The van der Waals surface area contributed by atoms with Gasteiger partial charge in [0.05, 0.1) is 0 Å². The molecule has 0 spiro atoms. The fourth-order valence-corrected chi connectivity index (χ4v) is 2.34. The number of nitrogens with one attached hydrogen (secondary N) is 2. The minimum Gasteiger partial charge on any atom is -0.381 e. The van der Waals surface area contributed by atoms with Crippen molar-refractivity contribution in [2.45, 2.75) is 19.3 Å². The predicted molar refractivity (Wildman–Crippen MR) is 79.9 cm³/mol. The molecule has 0 aliphatic carbocycles. The molecule has 1 aromatic carbocycles. The molecule has 2 N–H and O–H groups in total. The zero-order valence-corrected chi connectivity index (χ0v) is 12.4. The molecule has 0 radical (unpaired) electrons. The Morgan fingerprint density at radius 2 is 1.91 bits per heavy atom. The van der Waals surface area contributed by atoms with E-state index in [0.717, 1.165) is 12.8 Å². The van der Waals surface area contributed by atoms with Crippen LogP contribution in [0.5, 0.6) is 0 Å². The highest BCUT2D eigenvalue weighted by molar-refractivity contribution is 5.94. The summed E-state index contributed by atoms with van der Waals surface area (Å²) in [6.45, 7) is 2.23. The summed E-state index contributed by atoms with van der Waals surface area (Å²) in [6, 6.07) is 5.55. The van der Waals surface area contributed by atoms with Gasteiger partial charge < -0.3 is 15.4 Å². The Bertz CT molecular complexity index is 516. The van der Waals surface area contributed by atoms with E-state index in [0.29, 0.717) is 38.3 Å². The standard InChI is InChI=1S/C16H21FN2O3/c17-14-4-1-3-13(11-14)16(21)19-8-2-7-18-15(20)12-5-9-22-10-6-12/h1,3-4,11-12H,2,5-10H2,(H,18,20)(H,19,21). The van der Waals surface area contributed by atoms with Crippen LogP contribution >= 0.6 is 0 Å². The van der Waals surface area contributed by atoms with Gasteiger partial charge in [-0.25, -0.2) is 4.39 Å². The summed E-state index contributed by atoms with van der Waals surface area (Å²) in [5.41, 5.74) is 0.297. The molecule has 2 amide bonds. The smallest absolute Gasteiger partial charge is 0.251 e. The monoisotopic (exact) mass is 308 g/mol. The van der Waals surface area contributed by atoms with Gasteiger partial charge in [-0.05, 0) is 37.5 Å². The number of rotatable bonds is 6. The Hall–Kier alpha value is -1.95. The molecule has 1 saturated heterocycles. The Labute approximate surface area is 129 Å².